The van der Waals surface area contributed by atoms with E-state index >= 15 is 0 Å². The van der Waals surface area contributed by atoms with E-state index in [-0.39, 0.29) is 23.5 Å². The second-order valence-electron chi connectivity index (χ2n) is 7.44. The van der Waals surface area contributed by atoms with Crippen LogP contribution >= 0.6 is 0 Å². The molecule has 134 valence electrons. The van der Waals surface area contributed by atoms with Crippen LogP contribution in [0.2, 0.25) is 0 Å². The predicted molar refractivity (Wildman–Crippen MR) is 92.2 cm³/mol. The van der Waals surface area contributed by atoms with Crippen molar-refractivity contribution in [3.63, 3.8) is 0 Å². The Morgan fingerprint density at radius 2 is 1.92 bits per heavy atom. The van der Waals surface area contributed by atoms with Crippen LogP contribution in [0.4, 0.5) is 0 Å². The summed E-state index contributed by atoms with van der Waals surface area (Å²) in [5, 5.41) is 3.75. The second-order valence-corrected chi connectivity index (χ2v) is 9.73. The summed E-state index contributed by atoms with van der Waals surface area (Å²) in [6.07, 6.45) is 3.89. The van der Waals surface area contributed by atoms with Crippen LogP contribution in [0.3, 0.4) is 0 Å². The summed E-state index contributed by atoms with van der Waals surface area (Å²) in [6.45, 7) is 0. The van der Waals surface area contributed by atoms with Gasteiger partial charge in [0, 0.05) is 0 Å². The number of carbonyl (C=O) groups is 2. The molecule has 1 aromatic carbocycles. The molecule has 2 aliphatic carbocycles. The van der Waals surface area contributed by atoms with Gasteiger partial charge in [0.1, 0.15) is 6.04 Å². The zero-order valence-corrected chi connectivity index (χ0v) is 14.7. The number of hydrogen-bond acceptors (Lipinski definition) is 4. The topological polar surface area (TPSA) is 92.3 Å². The summed E-state index contributed by atoms with van der Waals surface area (Å²) in [5.74, 6) is -0.0304. The van der Waals surface area contributed by atoms with E-state index in [0.29, 0.717) is 12.3 Å². The highest BCUT2D eigenvalue weighted by Gasteiger charge is 2.55. The van der Waals surface area contributed by atoms with Gasteiger partial charge in [0.05, 0.1) is 11.7 Å². The highest BCUT2D eigenvalue weighted by atomic mass is 32.2. The largest absolute Gasteiger partial charge is 0.341 e. The van der Waals surface area contributed by atoms with E-state index in [1.807, 2.05) is 30.3 Å². The van der Waals surface area contributed by atoms with E-state index < -0.39 is 27.2 Å². The Balaban J connectivity index is 1.43. The highest BCUT2D eigenvalue weighted by molar-refractivity contribution is 7.92. The van der Waals surface area contributed by atoms with Crippen LogP contribution in [-0.4, -0.2) is 36.9 Å². The first-order valence-electron chi connectivity index (χ1n) is 8.81. The van der Waals surface area contributed by atoms with Crippen LogP contribution in [0.15, 0.2) is 30.3 Å². The number of hydrogen-bond donors (Lipinski definition) is 2. The van der Waals surface area contributed by atoms with Crippen LogP contribution < -0.4 is 10.6 Å². The molecule has 4 rings (SSSR count). The number of fused-ring (bicyclic) bond motifs is 2. The molecule has 1 aliphatic heterocycles. The van der Waals surface area contributed by atoms with Gasteiger partial charge in [0.25, 0.3) is 0 Å². The molecule has 1 heterocycles. The molecule has 25 heavy (non-hydrogen) atoms. The van der Waals surface area contributed by atoms with Crippen molar-refractivity contribution in [1.29, 1.82) is 0 Å². The molecule has 6 nitrogen and oxygen atoms in total. The molecule has 2 bridgehead atoms. The summed E-state index contributed by atoms with van der Waals surface area (Å²) in [5.41, 5.74) is 0.826. The molecule has 1 saturated heterocycles. The zero-order valence-electron chi connectivity index (χ0n) is 13.9. The van der Waals surface area contributed by atoms with Crippen LogP contribution in [0.5, 0.6) is 0 Å². The van der Waals surface area contributed by atoms with Crippen molar-refractivity contribution in [3.8, 4) is 0 Å². The van der Waals surface area contributed by atoms with Gasteiger partial charge < -0.3 is 10.6 Å². The van der Waals surface area contributed by atoms with Gasteiger partial charge in [-0.05, 0) is 36.7 Å². The maximum atomic E-state index is 12.9. The first kappa shape index (κ1) is 16.6. The first-order chi connectivity index (χ1) is 11.9. The van der Waals surface area contributed by atoms with Gasteiger partial charge in [-0.2, -0.15) is 0 Å². The molecular formula is C18H22N2O4S. The summed E-state index contributed by atoms with van der Waals surface area (Å²) < 4.78 is 25.9. The summed E-state index contributed by atoms with van der Waals surface area (Å²) in [4.78, 5) is 24.1. The van der Waals surface area contributed by atoms with Gasteiger partial charge in [0.2, 0.25) is 11.8 Å². The number of benzene rings is 1. The first-order valence-corrected chi connectivity index (χ1v) is 10.4. The summed E-state index contributed by atoms with van der Waals surface area (Å²) >= 11 is 0. The van der Waals surface area contributed by atoms with Gasteiger partial charge in [-0.3, -0.25) is 9.59 Å². The lowest BCUT2D eigenvalue weighted by Crippen LogP contribution is -2.72. The lowest BCUT2D eigenvalue weighted by molar-refractivity contribution is -0.134. The van der Waals surface area contributed by atoms with Gasteiger partial charge in [-0.25, -0.2) is 8.42 Å². The Bertz CT molecular complexity index is 793. The van der Waals surface area contributed by atoms with Crippen LogP contribution in [0.25, 0.3) is 0 Å². The molecule has 2 N–H and O–H groups in total. The number of amides is 2. The smallest absolute Gasteiger partial charge is 0.246 e. The van der Waals surface area contributed by atoms with Crippen molar-refractivity contribution in [1.82, 2.24) is 10.6 Å². The van der Waals surface area contributed by atoms with E-state index in [1.54, 1.807) is 0 Å². The van der Waals surface area contributed by atoms with Crippen molar-refractivity contribution in [2.24, 2.45) is 11.8 Å². The predicted octanol–water partition coefficient (Wildman–Crippen LogP) is 0.773. The normalized spacial score (nSPS) is 33.6. The van der Waals surface area contributed by atoms with Gasteiger partial charge in [-0.15, -0.1) is 0 Å². The molecule has 0 aromatic heterocycles. The molecule has 5 atom stereocenters. The Labute approximate surface area is 147 Å². The zero-order chi connectivity index (χ0) is 17.6. The van der Waals surface area contributed by atoms with Crippen molar-refractivity contribution in [2.45, 2.75) is 48.8 Å². The fourth-order valence-electron chi connectivity index (χ4n) is 4.55. The van der Waals surface area contributed by atoms with Crippen LogP contribution in [-0.2, 0) is 25.8 Å². The molecular weight excluding hydrogens is 340 g/mol. The number of rotatable bonds is 5. The third kappa shape index (κ3) is 2.94. The Morgan fingerprint density at radius 3 is 2.52 bits per heavy atom. The monoisotopic (exact) mass is 362 g/mol. The van der Waals surface area contributed by atoms with Crippen molar-refractivity contribution in [2.75, 3.05) is 0 Å². The van der Waals surface area contributed by atoms with Crippen molar-refractivity contribution >= 4 is 21.7 Å². The minimum Gasteiger partial charge on any atom is -0.341 e. The molecule has 2 saturated carbocycles. The average Bonchev–Trinajstić information content (AvgIpc) is 3.22. The lowest BCUT2D eigenvalue weighted by atomic mass is 10.0. The molecule has 1 aromatic rings. The third-order valence-electron chi connectivity index (χ3n) is 5.84. The fourth-order valence-corrected chi connectivity index (χ4v) is 7.10. The van der Waals surface area contributed by atoms with Crippen molar-refractivity contribution in [3.05, 3.63) is 35.9 Å². The van der Waals surface area contributed by atoms with E-state index in [1.165, 1.54) is 0 Å². The molecule has 3 unspecified atom stereocenters. The van der Waals surface area contributed by atoms with Gasteiger partial charge in [-0.1, -0.05) is 36.8 Å². The Hall–Kier alpha value is -1.89. The van der Waals surface area contributed by atoms with E-state index in [0.717, 1.165) is 24.8 Å². The maximum absolute atomic E-state index is 12.9. The van der Waals surface area contributed by atoms with E-state index in [4.69, 9.17) is 0 Å². The molecule has 7 heteroatoms. The fraction of sp³-hybridized carbons (Fsp3) is 0.556. The summed E-state index contributed by atoms with van der Waals surface area (Å²) in [6, 6.07) is 8.20. The minimum atomic E-state index is -3.48. The Morgan fingerprint density at radius 1 is 1.16 bits per heavy atom. The SMILES string of the molecule is O=C(Cc1ccccc1)N[C@@H]1C(=O)N[C@@H]1S(=O)(=O)C1CC2CCC1C2. The number of carbonyl (C=O) groups excluding carboxylic acids is 2. The molecule has 2 amide bonds. The van der Waals surface area contributed by atoms with E-state index in [2.05, 4.69) is 10.6 Å². The molecule has 0 radical (unpaired) electrons. The molecule has 3 fully saturated rings. The average molecular weight is 362 g/mol. The third-order valence-corrected chi connectivity index (χ3v) is 8.36. The molecule has 3 aliphatic rings. The van der Waals surface area contributed by atoms with Crippen LogP contribution in [0.1, 0.15) is 31.2 Å². The molecule has 0 spiro atoms. The number of nitrogens with one attached hydrogen (secondary N) is 2. The summed E-state index contributed by atoms with van der Waals surface area (Å²) in [7, 11) is -3.48. The quantitative estimate of drug-likeness (QED) is 0.757. The lowest BCUT2D eigenvalue weighted by Gasteiger charge is -2.39. The van der Waals surface area contributed by atoms with Crippen molar-refractivity contribution < 1.29 is 18.0 Å². The van der Waals surface area contributed by atoms with Gasteiger partial charge >= 0.3 is 0 Å². The maximum Gasteiger partial charge on any atom is 0.246 e. The minimum absolute atomic E-state index is 0.130. The second kappa shape index (κ2) is 6.12. The number of sulfone groups is 1. The van der Waals surface area contributed by atoms with Gasteiger partial charge in [0.15, 0.2) is 15.2 Å². The highest BCUT2D eigenvalue weighted by Crippen LogP contribution is 2.48. The Kier molecular flexibility index (Phi) is 4.06. The van der Waals surface area contributed by atoms with E-state index in [9.17, 15) is 18.0 Å². The standard InChI is InChI=1S/C18H22N2O4S/c21-15(10-11-4-2-1-3-5-11)19-16-17(22)20-18(16)25(23,24)14-9-12-6-7-13(14)8-12/h1-5,12-14,16,18H,6-10H2,(H,19,21)(H,20,22)/t12?,13?,14?,16-,18-/m1/s1. The van der Waals surface area contributed by atoms with Crippen LogP contribution in [0, 0.1) is 11.8 Å². The number of β-lactam (4-membered cyclic amide) rings is 1.